The molecule has 2 aromatic carbocycles. The maximum atomic E-state index is 13.5. The van der Waals surface area contributed by atoms with Crippen molar-refractivity contribution >= 4 is 34.7 Å². The number of aromatic nitrogens is 1. The van der Waals surface area contributed by atoms with E-state index in [1.54, 1.807) is 70.2 Å². The molecule has 0 aliphatic rings. The first-order valence-corrected chi connectivity index (χ1v) is 13.5. The quantitative estimate of drug-likeness (QED) is 0.200. The average molecular weight is 545 g/mol. The van der Waals surface area contributed by atoms with Crippen molar-refractivity contribution in [3.63, 3.8) is 0 Å². The number of nitrogens with zero attached hydrogens (tertiary/aromatic N) is 1. The molecule has 3 aromatic rings. The van der Waals surface area contributed by atoms with Crippen LogP contribution in [0.5, 0.6) is 0 Å². The van der Waals surface area contributed by atoms with Gasteiger partial charge >= 0.3 is 5.97 Å². The second-order valence-electron chi connectivity index (χ2n) is 10.7. The summed E-state index contributed by atoms with van der Waals surface area (Å²) in [7, 11) is 0. The van der Waals surface area contributed by atoms with Crippen LogP contribution in [0.4, 0.5) is 0 Å². The summed E-state index contributed by atoms with van der Waals surface area (Å²) < 4.78 is 26.6. The van der Waals surface area contributed by atoms with Crippen LogP contribution in [-0.2, 0) is 20.9 Å². The standard InChI is InChI=1S/C28H33ClN2O5S/c1-17-24(20-10-8-9-11-21(20)26(33)18-12-14-19(29)15-13-18)25(30-36-17)22(31-37(34)28(5,6)7)16-23(32)35-27(2,3)4/h8-15,22,31H,16H2,1-7H3/t22-,37?/m0/s1. The van der Waals surface area contributed by atoms with Crippen LogP contribution in [0.1, 0.15) is 81.4 Å². The van der Waals surface area contributed by atoms with E-state index >= 15 is 0 Å². The Bertz CT molecular complexity index is 1260. The van der Waals surface area contributed by atoms with Crippen LogP contribution in [-0.4, -0.2) is 31.8 Å². The van der Waals surface area contributed by atoms with Crippen molar-refractivity contribution in [3.8, 4) is 11.1 Å². The van der Waals surface area contributed by atoms with Gasteiger partial charge in [-0.1, -0.05) is 41.0 Å². The van der Waals surface area contributed by atoms with E-state index in [0.29, 0.717) is 38.7 Å². The third-order valence-electron chi connectivity index (χ3n) is 5.36. The number of benzene rings is 2. The van der Waals surface area contributed by atoms with Crippen molar-refractivity contribution in [2.24, 2.45) is 0 Å². The highest BCUT2D eigenvalue weighted by atomic mass is 35.5. The number of rotatable bonds is 8. The second-order valence-corrected chi connectivity index (χ2v) is 13.2. The molecule has 7 nitrogen and oxygen atoms in total. The largest absolute Gasteiger partial charge is 0.598 e. The fourth-order valence-electron chi connectivity index (χ4n) is 3.66. The number of nitrogens with one attached hydrogen (secondary N) is 1. The smallest absolute Gasteiger partial charge is 0.308 e. The molecule has 0 fully saturated rings. The van der Waals surface area contributed by atoms with Gasteiger partial charge in [-0.3, -0.25) is 9.59 Å². The predicted octanol–water partition coefficient (Wildman–Crippen LogP) is 6.36. The van der Waals surface area contributed by atoms with Crippen molar-refractivity contribution in [2.45, 2.75) is 71.3 Å². The first kappa shape index (κ1) is 28.9. The molecule has 1 heterocycles. The molecule has 0 amide bonds. The number of carbonyl (C=O) groups excluding carboxylic acids is 2. The van der Waals surface area contributed by atoms with E-state index < -0.39 is 33.7 Å². The van der Waals surface area contributed by atoms with Gasteiger partial charge in [0.05, 0.1) is 12.0 Å². The summed E-state index contributed by atoms with van der Waals surface area (Å²) in [5.74, 6) is -0.217. The fraction of sp³-hybridized carbons (Fsp3) is 0.393. The SMILES string of the molecule is Cc1onc([C@H](CC(=O)OC(C)(C)C)N[S+]([O-])C(C)(C)C)c1-c1ccccc1C(=O)c1ccc(Cl)cc1. The highest BCUT2D eigenvalue weighted by Crippen LogP contribution is 2.36. The Hall–Kier alpha value is -2.65. The first-order valence-electron chi connectivity index (χ1n) is 11.9. The summed E-state index contributed by atoms with van der Waals surface area (Å²) in [6.07, 6.45) is -0.134. The lowest BCUT2D eigenvalue weighted by molar-refractivity contribution is -0.155. The Balaban J connectivity index is 2.09. The Morgan fingerprint density at radius 1 is 1.08 bits per heavy atom. The highest BCUT2D eigenvalue weighted by molar-refractivity contribution is 7.90. The molecule has 0 saturated carbocycles. The maximum absolute atomic E-state index is 13.5. The van der Waals surface area contributed by atoms with E-state index in [4.69, 9.17) is 20.9 Å². The van der Waals surface area contributed by atoms with Gasteiger partial charge in [-0.15, -0.1) is 4.72 Å². The number of halogens is 1. The third kappa shape index (κ3) is 7.45. The van der Waals surface area contributed by atoms with Gasteiger partial charge in [0, 0.05) is 27.5 Å². The summed E-state index contributed by atoms with van der Waals surface area (Å²) in [6.45, 7) is 12.6. The number of aryl methyl sites for hydroxylation is 1. The second kappa shape index (κ2) is 11.4. The van der Waals surface area contributed by atoms with Crippen LogP contribution < -0.4 is 4.72 Å². The number of hydrogen-bond donors (Lipinski definition) is 1. The summed E-state index contributed by atoms with van der Waals surface area (Å²) >= 11 is 4.48. The lowest BCUT2D eigenvalue weighted by Crippen LogP contribution is -2.42. The molecule has 0 spiro atoms. The van der Waals surface area contributed by atoms with E-state index in [1.807, 2.05) is 26.8 Å². The van der Waals surface area contributed by atoms with Gasteiger partial charge < -0.3 is 13.8 Å². The highest BCUT2D eigenvalue weighted by Gasteiger charge is 2.36. The average Bonchev–Trinajstić information content (AvgIpc) is 3.18. The monoisotopic (exact) mass is 544 g/mol. The molecular formula is C28H33ClN2O5S. The lowest BCUT2D eigenvalue weighted by atomic mass is 9.91. The minimum atomic E-state index is -1.53. The summed E-state index contributed by atoms with van der Waals surface area (Å²) in [4.78, 5) is 26.3. The van der Waals surface area contributed by atoms with Crippen LogP contribution in [0.2, 0.25) is 5.02 Å². The molecule has 0 aliphatic heterocycles. The zero-order chi connectivity index (χ0) is 27.5. The molecule has 198 valence electrons. The van der Waals surface area contributed by atoms with Gasteiger partial charge in [0.2, 0.25) is 0 Å². The molecular weight excluding hydrogens is 512 g/mol. The number of ether oxygens (including phenoxy) is 1. The third-order valence-corrected chi connectivity index (χ3v) is 7.23. The fourth-order valence-corrected chi connectivity index (χ4v) is 4.59. The molecule has 0 aliphatic carbocycles. The molecule has 9 heteroatoms. The molecule has 1 aromatic heterocycles. The van der Waals surface area contributed by atoms with Crippen LogP contribution in [0.25, 0.3) is 11.1 Å². The van der Waals surface area contributed by atoms with Crippen molar-refractivity contribution in [2.75, 3.05) is 0 Å². The van der Waals surface area contributed by atoms with Crippen molar-refractivity contribution in [1.29, 1.82) is 0 Å². The van der Waals surface area contributed by atoms with Crippen LogP contribution in [0.3, 0.4) is 0 Å². The minimum absolute atomic E-state index is 0.134. The van der Waals surface area contributed by atoms with Gasteiger partial charge in [-0.2, -0.15) is 0 Å². The number of carbonyl (C=O) groups is 2. The summed E-state index contributed by atoms with van der Waals surface area (Å²) in [5.41, 5.74) is 1.75. The Labute approximate surface area is 226 Å². The maximum Gasteiger partial charge on any atom is 0.308 e. The van der Waals surface area contributed by atoms with E-state index in [2.05, 4.69) is 9.88 Å². The van der Waals surface area contributed by atoms with Crippen molar-refractivity contribution in [1.82, 2.24) is 9.88 Å². The molecule has 2 atom stereocenters. The topological polar surface area (TPSA) is 104 Å². The number of hydrogen-bond acceptors (Lipinski definition) is 7. The normalized spacial score (nSPS) is 13.8. The Morgan fingerprint density at radius 2 is 1.70 bits per heavy atom. The summed E-state index contributed by atoms with van der Waals surface area (Å²) in [5, 5.41) is 4.79. The Morgan fingerprint density at radius 3 is 2.30 bits per heavy atom. The molecule has 3 rings (SSSR count). The number of esters is 1. The zero-order valence-corrected chi connectivity index (χ0v) is 23.8. The molecule has 0 saturated heterocycles. The summed E-state index contributed by atoms with van der Waals surface area (Å²) in [6, 6.07) is 13.0. The van der Waals surface area contributed by atoms with Crippen molar-refractivity contribution in [3.05, 3.63) is 76.1 Å². The van der Waals surface area contributed by atoms with Crippen molar-refractivity contribution < 1.29 is 23.4 Å². The minimum Gasteiger partial charge on any atom is -0.598 e. The van der Waals surface area contributed by atoms with Crippen LogP contribution in [0, 0.1) is 6.92 Å². The van der Waals surface area contributed by atoms with E-state index in [0.717, 1.165) is 0 Å². The van der Waals surface area contributed by atoms with E-state index in [-0.39, 0.29) is 12.2 Å². The predicted molar refractivity (Wildman–Crippen MR) is 146 cm³/mol. The van der Waals surface area contributed by atoms with E-state index in [1.165, 1.54) is 0 Å². The van der Waals surface area contributed by atoms with Gasteiger partial charge in [-0.05, 0) is 78.3 Å². The van der Waals surface area contributed by atoms with Gasteiger partial charge in [-0.25, -0.2) is 0 Å². The van der Waals surface area contributed by atoms with E-state index in [9.17, 15) is 14.1 Å². The number of ketones is 1. The molecule has 1 N–H and O–H groups in total. The molecule has 37 heavy (non-hydrogen) atoms. The van der Waals surface area contributed by atoms with Crippen LogP contribution in [0.15, 0.2) is 53.1 Å². The molecule has 0 radical (unpaired) electrons. The lowest BCUT2D eigenvalue weighted by Gasteiger charge is -2.28. The first-order chi connectivity index (χ1) is 17.2. The molecule has 0 bridgehead atoms. The van der Waals surface area contributed by atoms with Gasteiger partial charge in [0.1, 0.15) is 27.8 Å². The van der Waals surface area contributed by atoms with Gasteiger partial charge in [0.15, 0.2) is 5.78 Å². The molecule has 1 unspecified atom stereocenters. The Kier molecular flexibility index (Phi) is 8.90. The van der Waals surface area contributed by atoms with Gasteiger partial charge in [0.25, 0.3) is 0 Å². The van der Waals surface area contributed by atoms with Crippen LogP contribution >= 0.6 is 11.6 Å². The zero-order valence-electron chi connectivity index (χ0n) is 22.2.